The molecular formula is C8H17ClO. The predicted molar refractivity (Wildman–Crippen MR) is 45.5 cm³/mol. The van der Waals surface area contributed by atoms with Gasteiger partial charge in [0.2, 0.25) is 0 Å². The van der Waals surface area contributed by atoms with Gasteiger partial charge >= 0.3 is 0 Å². The molecule has 0 radical (unpaired) electrons. The summed E-state index contributed by atoms with van der Waals surface area (Å²) >= 11 is 6.07. The summed E-state index contributed by atoms with van der Waals surface area (Å²) in [6, 6.07) is 0. The first-order valence-electron chi connectivity index (χ1n) is 3.98. The summed E-state index contributed by atoms with van der Waals surface area (Å²) in [6.45, 7) is 4.28. The third kappa shape index (κ3) is 3.43. The van der Waals surface area contributed by atoms with Crippen LogP contribution in [-0.2, 0) is 0 Å². The number of alkyl halides is 1. The lowest BCUT2D eigenvalue weighted by Gasteiger charge is -2.22. The summed E-state index contributed by atoms with van der Waals surface area (Å²) in [5.74, 6) is 0. The summed E-state index contributed by atoms with van der Waals surface area (Å²) in [5, 5.41) is 8.92. The first-order valence-corrected chi connectivity index (χ1v) is 4.36. The van der Waals surface area contributed by atoms with Gasteiger partial charge in [0.1, 0.15) is 0 Å². The first-order chi connectivity index (χ1) is 4.68. The van der Waals surface area contributed by atoms with Gasteiger partial charge in [0.25, 0.3) is 0 Å². The lowest BCUT2D eigenvalue weighted by Crippen LogP contribution is -2.25. The molecule has 0 saturated heterocycles. The van der Waals surface area contributed by atoms with Gasteiger partial charge in [-0.1, -0.05) is 26.7 Å². The van der Waals surface area contributed by atoms with E-state index in [1.807, 2.05) is 0 Å². The minimum atomic E-state index is -0.330. The van der Waals surface area contributed by atoms with Crippen molar-refractivity contribution in [2.75, 3.05) is 6.61 Å². The zero-order valence-corrected chi connectivity index (χ0v) is 7.62. The fourth-order valence-electron chi connectivity index (χ4n) is 1.18. The van der Waals surface area contributed by atoms with Crippen LogP contribution in [0.4, 0.5) is 0 Å². The number of aliphatic hydroxyl groups excluding tert-OH is 1. The van der Waals surface area contributed by atoms with E-state index in [2.05, 4.69) is 13.8 Å². The molecule has 0 aromatic rings. The molecule has 0 atom stereocenters. The Morgan fingerprint density at radius 3 is 1.80 bits per heavy atom. The Bertz CT molecular complexity index is 77.3. The highest BCUT2D eigenvalue weighted by atomic mass is 35.5. The van der Waals surface area contributed by atoms with E-state index in [9.17, 15) is 0 Å². The largest absolute Gasteiger partial charge is 0.395 e. The van der Waals surface area contributed by atoms with Crippen molar-refractivity contribution in [2.24, 2.45) is 0 Å². The van der Waals surface area contributed by atoms with Crippen molar-refractivity contribution in [3.05, 3.63) is 0 Å². The number of aliphatic hydroxyl groups is 1. The van der Waals surface area contributed by atoms with Gasteiger partial charge in [0, 0.05) is 0 Å². The van der Waals surface area contributed by atoms with Crippen LogP contribution in [0.3, 0.4) is 0 Å². The average Bonchev–Trinajstić information content (AvgIpc) is 1.89. The minimum Gasteiger partial charge on any atom is -0.395 e. The van der Waals surface area contributed by atoms with E-state index < -0.39 is 0 Å². The molecule has 2 heteroatoms. The highest BCUT2D eigenvalue weighted by molar-refractivity contribution is 6.24. The van der Waals surface area contributed by atoms with E-state index in [0.29, 0.717) is 0 Å². The van der Waals surface area contributed by atoms with Crippen LogP contribution in [0.5, 0.6) is 0 Å². The summed E-state index contributed by atoms with van der Waals surface area (Å²) in [7, 11) is 0. The van der Waals surface area contributed by atoms with Crippen LogP contribution in [0.15, 0.2) is 0 Å². The van der Waals surface area contributed by atoms with E-state index in [0.717, 1.165) is 25.7 Å². The Balaban J connectivity index is 3.69. The van der Waals surface area contributed by atoms with E-state index >= 15 is 0 Å². The molecule has 62 valence electrons. The van der Waals surface area contributed by atoms with Crippen LogP contribution in [-0.4, -0.2) is 16.6 Å². The summed E-state index contributed by atoms with van der Waals surface area (Å²) in [4.78, 5) is -0.330. The molecule has 0 saturated carbocycles. The summed E-state index contributed by atoms with van der Waals surface area (Å²) in [5.41, 5.74) is 0. The molecule has 0 heterocycles. The molecule has 0 rings (SSSR count). The number of hydrogen-bond donors (Lipinski definition) is 1. The zero-order chi connectivity index (χ0) is 8.04. The van der Waals surface area contributed by atoms with Crippen LogP contribution in [0, 0.1) is 0 Å². The lowest BCUT2D eigenvalue weighted by molar-refractivity contribution is 0.227. The van der Waals surface area contributed by atoms with Gasteiger partial charge in [-0.05, 0) is 12.8 Å². The van der Waals surface area contributed by atoms with Gasteiger partial charge in [-0.25, -0.2) is 0 Å². The monoisotopic (exact) mass is 164 g/mol. The second-order valence-corrected chi connectivity index (χ2v) is 3.61. The molecule has 0 fully saturated rings. The molecule has 0 aliphatic heterocycles. The molecule has 10 heavy (non-hydrogen) atoms. The predicted octanol–water partition coefficient (Wildman–Crippen LogP) is 2.56. The van der Waals surface area contributed by atoms with Gasteiger partial charge in [-0.2, -0.15) is 0 Å². The summed E-state index contributed by atoms with van der Waals surface area (Å²) < 4.78 is 0. The number of hydrogen-bond acceptors (Lipinski definition) is 1. The minimum absolute atomic E-state index is 0.107. The molecule has 0 aromatic carbocycles. The fraction of sp³-hybridized carbons (Fsp3) is 1.00. The van der Waals surface area contributed by atoms with Crippen molar-refractivity contribution in [1.29, 1.82) is 0 Å². The number of halogens is 1. The van der Waals surface area contributed by atoms with Crippen LogP contribution in [0.1, 0.15) is 39.5 Å². The quantitative estimate of drug-likeness (QED) is 0.620. The van der Waals surface area contributed by atoms with Gasteiger partial charge in [0.05, 0.1) is 11.5 Å². The maximum absolute atomic E-state index is 8.92. The third-order valence-electron chi connectivity index (χ3n) is 1.68. The van der Waals surface area contributed by atoms with Crippen molar-refractivity contribution in [1.82, 2.24) is 0 Å². The van der Waals surface area contributed by atoms with Crippen molar-refractivity contribution in [2.45, 2.75) is 44.4 Å². The van der Waals surface area contributed by atoms with Crippen molar-refractivity contribution in [3.8, 4) is 0 Å². The normalized spacial score (nSPS) is 12.0. The molecular weight excluding hydrogens is 148 g/mol. The number of rotatable bonds is 5. The van der Waals surface area contributed by atoms with Gasteiger partial charge < -0.3 is 5.11 Å². The molecule has 1 N–H and O–H groups in total. The highest BCUT2D eigenvalue weighted by Crippen LogP contribution is 2.26. The smallest absolute Gasteiger partial charge is 0.0676 e. The molecule has 0 spiro atoms. The summed E-state index contributed by atoms with van der Waals surface area (Å²) in [6.07, 6.45) is 3.92. The van der Waals surface area contributed by atoms with Gasteiger partial charge in [0.15, 0.2) is 0 Å². The van der Waals surface area contributed by atoms with Crippen LogP contribution in [0.25, 0.3) is 0 Å². The Kier molecular flexibility index (Phi) is 5.10. The van der Waals surface area contributed by atoms with Crippen molar-refractivity contribution >= 4 is 11.6 Å². The van der Waals surface area contributed by atoms with Crippen molar-refractivity contribution < 1.29 is 5.11 Å². The van der Waals surface area contributed by atoms with Crippen molar-refractivity contribution in [3.63, 3.8) is 0 Å². The van der Waals surface area contributed by atoms with E-state index in [4.69, 9.17) is 16.7 Å². The fourth-order valence-corrected chi connectivity index (χ4v) is 1.56. The lowest BCUT2D eigenvalue weighted by atomic mass is 9.98. The van der Waals surface area contributed by atoms with E-state index in [1.165, 1.54) is 0 Å². The Morgan fingerprint density at radius 1 is 1.20 bits per heavy atom. The van der Waals surface area contributed by atoms with E-state index in [-0.39, 0.29) is 11.5 Å². The third-order valence-corrected chi connectivity index (χ3v) is 2.18. The highest BCUT2D eigenvalue weighted by Gasteiger charge is 2.23. The Morgan fingerprint density at radius 2 is 1.60 bits per heavy atom. The van der Waals surface area contributed by atoms with Crippen LogP contribution in [0.2, 0.25) is 0 Å². The zero-order valence-electron chi connectivity index (χ0n) is 6.86. The molecule has 0 bridgehead atoms. The topological polar surface area (TPSA) is 20.2 Å². The second kappa shape index (κ2) is 4.97. The SMILES string of the molecule is CCCC(Cl)(CO)CCC. The Hall–Kier alpha value is 0.250. The first kappa shape index (κ1) is 10.2. The average molecular weight is 165 g/mol. The molecule has 0 aliphatic rings. The van der Waals surface area contributed by atoms with E-state index in [1.54, 1.807) is 0 Å². The molecule has 0 aliphatic carbocycles. The second-order valence-electron chi connectivity index (χ2n) is 2.81. The van der Waals surface area contributed by atoms with Crippen LogP contribution < -0.4 is 0 Å². The molecule has 0 amide bonds. The standard InChI is InChI=1S/C8H17ClO/c1-3-5-8(9,7-10)6-4-2/h10H,3-7H2,1-2H3. The van der Waals surface area contributed by atoms with Crippen LogP contribution >= 0.6 is 11.6 Å². The maximum atomic E-state index is 8.92. The molecule has 1 nitrogen and oxygen atoms in total. The molecule has 0 unspecified atom stereocenters. The van der Waals surface area contributed by atoms with Gasteiger partial charge in [-0.3, -0.25) is 0 Å². The van der Waals surface area contributed by atoms with Gasteiger partial charge in [-0.15, -0.1) is 11.6 Å². The molecule has 0 aromatic heterocycles. The maximum Gasteiger partial charge on any atom is 0.0676 e. The Labute approximate surface area is 68.4 Å².